The Balaban J connectivity index is 3.33. The summed E-state index contributed by atoms with van der Waals surface area (Å²) in [4.78, 5) is 0. The van der Waals surface area contributed by atoms with Crippen molar-refractivity contribution in [2.45, 2.75) is 39.5 Å². The summed E-state index contributed by atoms with van der Waals surface area (Å²) in [6.45, 7) is 8.17. The van der Waals surface area contributed by atoms with E-state index in [4.69, 9.17) is 0 Å². The molecule has 1 atom stereocenters. The summed E-state index contributed by atoms with van der Waals surface area (Å²) in [7, 11) is 0. The SMILES string of the molecule is C=CCCC(C)C=CCCC. The average molecular weight is 152 g/mol. The minimum Gasteiger partial charge on any atom is -0.103 e. The van der Waals surface area contributed by atoms with Crippen LogP contribution in [0.2, 0.25) is 0 Å². The lowest BCUT2D eigenvalue weighted by Crippen LogP contribution is -1.87. The third-order valence-electron chi connectivity index (χ3n) is 1.75. The van der Waals surface area contributed by atoms with Crippen molar-refractivity contribution in [1.82, 2.24) is 0 Å². The van der Waals surface area contributed by atoms with Gasteiger partial charge in [-0.2, -0.15) is 0 Å². The quantitative estimate of drug-likeness (QED) is 0.506. The van der Waals surface area contributed by atoms with Gasteiger partial charge in [-0.05, 0) is 25.2 Å². The molecular weight excluding hydrogens is 132 g/mol. The zero-order valence-electron chi connectivity index (χ0n) is 7.84. The lowest BCUT2D eigenvalue weighted by molar-refractivity contribution is 0.655. The van der Waals surface area contributed by atoms with E-state index in [9.17, 15) is 0 Å². The van der Waals surface area contributed by atoms with Crippen molar-refractivity contribution in [1.29, 1.82) is 0 Å². The highest BCUT2D eigenvalue weighted by atomic mass is 14.0. The van der Waals surface area contributed by atoms with Crippen LogP contribution in [0, 0.1) is 5.92 Å². The van der Waals surface area contributed by atoms with E-state index in [-0.39, 0.29) is 0 Å². The Morgan fingerprint density at radius 1 is 1.36 bits per heavy atom. The number of hydrogen-bond donors (Lipinski definition) is 0. The minimum absolute atomic E-state index is 0.722. The van der Waals surface area contributed by atoms with Crippen molar-refractivity contribution in [3.8, 4) is 0 Å². The number of unbranched alkanes of at least 4 members (excludes halogenated alkanes) is 1. The van der Waals surface area contributed by atoms with Crippen LogP contribution < -0.4 is 0 Å². The maximum absolute atomic E-state index is 3.71. The van der Waals surface area contributed by atoms with Crippen LogP contribution in [0.3, 0.4) is 0 Å². The van der Waals surface area contributed by atoms with Crippen LogP contribution in [-0.4, -0.2) is 0 Å². The van der Waals surface area contributed by atoms with E-state index in [0.717, 1.165) is 12.3 Å². The molecule has 0 saturated heterocycles. The predicted octanol–water partition coefficient (Wildman–Crippen LogP) is 3.95. The first kappa shape index (κ1) is 10.5. The van der Waals surface area contributed by atoms with Crippen LogP contribution in [0.25, 0.3) is 0 Å². The van der Waals surface area contributed by atoms with Crippen molar-refractivity contribution in [3.63, 3.8) is 0 Å². The topological polar surface area (TPSA) is 0 Å². The fourth-order valence-corrected chi connectivity index (χ4v) is 0.972. The normalized spacial score (nSPS) is 13.6. The molecule has 1 unspecified atom stereocenters. The highest BCUT2D eigenvalue weighted by Crippen LogP contribution is 2.07. The minimum atomic E-state index is 0.722. The molecule has 0 rings (SSSR count). The van der Waals surface area contributed by atoms with Gasteiger partial charge in [0.25, 0.3) is 0 Å². The van der Waals surface area contributed by atoms with Crippen LogP contribution in [-0.2, 0) is 0 Å². The van der Waals surface area contributed by atoms with Crippen LogP contribution in [0.1, 0.15) is 39.5 Å². The maximum atomic E-state index is 3.71. The van der Waals surface area contributed by atoms with E-state index in [1.165, 1.54) is 19.3 Å². The molecule has 0 amide bonds. The monoisotopic (exact) mass is 152 g/mol. The highest BCUT2D eigenvalue weighted by Gasteiger charge is 1.92. The molecule has 0 heteroatoms. The molecule has 0 nitrogen and oxygen atoms in total. The fraction of sp³-hybridized carbons (Fsp3) is 0.636. The van der Waals surface area contributed by atoms with Gasteiger partial charge >= 0.3 is 0 Å². The lowest BCUT2D eigenvalue weighted by Gasteiger charge is -2.01. The molecule has 0 spiro atoms. The summed E-state index contributed by atoms with van der Waals surface area (Å²) < 4.78 is 0. The Hall–Kier alpha value is -0.520. The van der Waals surface area contributed by atoms with Gasteiger partial charge in [-0.3, -0.25) is 0 Å². The van der Waals surface area contributed by atoms with Crippen molar-refractivity contribution in [3.05, 3.63) is 24.8 Å². The molecule has 0 saturated carbocycles. The molecule has 0 aliphatic heterocycles. The van der Waals surface area contributed by atoms with Gasteiger partial charge in [-0.1, -0.05) is 38.5 Å². The Bertz CT molecular complexity index is 111. The average Bonchev–Trinajstić information content (AvgIpc) is 2.01. The first-order valence-electron chi connectivity index (χ1n) is 4.58. The van der Waals surface area contributed by atoms with Gasteiger partial charge in [0.15, 0.2) is 0 Å². The standard InChI is InChI=1S/C11H20/c1-4-6-8-10-11(3)9-7-5-2/h5,8,10-11H,2,4,6-7,9H2,1,3H3. The molecule has 0 radical (unpaired) electrons. The second-order valence-electron chi connectivity index (χ2n) is 3.06. The number of hydrogen-bond acceptors (Lipinski definition) is 0. The Kier molecular flexibility index (Phi) is 7.23. The third-order valence-corrected chi connectivity index (χ3v) is 1.75. The molecule has 0 heterocycles. The van der Waals surface area contributed by atoms with Crippen LogP contribution in [0.15, 0.2) is 24.8 Å². The van der Waals surface area contributed by atoms with Gasteiger partial charge in [-0.15, -0.1) is 6.58 Å². The van der Waals surface area contributed by atoms with Crippen molar-refractivity contribution >= 4 is 0 Å². The van der Waals surface area contributed by atoms with E-state index in [0.29, 0.717) is 0 Å². The van der Waals surface area contributed by atoms with Gasteiger partial charge in [0.1, 0.15) is 0 Å². The summed E-state index contributed by atoms with van der Waals surface area (Å²) in [5.41, 5.74) is 0. The summed E-state index contributed by atoms with van der Waals surface area (Å²) in [5, 5.41) is 0. The highest BCUT2D eigenvalue weighted by molar-refractivity contribution is 4.87. The van der Waals surface area contributed by atoms with Crippen molar-refractivity contribution in [2.75, 3.05) is 0 Å². The summed E-state index contributed by atoms with van der Waals surface area (Å²) in [5.74, 6) is 0.722. The predicted molar refractivity (Wildman–Crippen MR) is 52.6 cm³/mol. The zero-order chi connectivity index (χ0) is 8.53. The number of allylic oxidation sites excluding steroid dienone is 3. The molecule has 0 aromatic rings. The summed E-state index contributed by atoms with van der Waals surface area (Å²) >= 11 is 0. The Morgan fingerprint density at radius 2 is 2.09 bits per heavy atom. The first-order valence-corrected chi connectivity index (χ1v) is 4.58. The third kappa shape index (κ3) is 7.38. The van der Waals surface area contributed by atoms with Gasteiger partial charge in [-0.25, -0.2) is 0 Å². The van der Waals surface area contributed by atoms with Crippen molar-refractivity contribution in [2.24, 2.45) is 5.92 Å². The largest absolute Gasteiger partial charge is 0.103 e. The maximum Gasteiger partial charge on any atom is -0.0259 e. The lowest BCUT2D eigenvalue weighted by atomic mass is 10.0. The van der Waals surface area contributed by atoms with Gasteiger partial charge in [0, 0.05) is 0 Å². The van der Waals surface area contributed by atoms with Gasteiger partial charge in [0.2, 0.25) is 0 Å². The van der Waals surface area contributed by atoms with E-state index >= 15 is 0 Å². The second kappa shape index (κ2) is 7.59. The summed E-state index contributed by atoms with van der Waals surface area (Å²) in [6.07, 6.45) is 11.4. The molecule has 0 N–H and O–H groups in total. The van der Waals surface area contributed by atoms with E-state index in [1.807, 2.05) is 6.08 Å². The molecule has 0 aromatic heterocycles. The van der Waals surface area contributed by atoms with E-state index in [1.54, 1.807) is 0 Å². The smallest absolute Gasteiger partial charge is 0.0259 e. The van der Waals surface area contributed by atoms with Gasteiger partial charge in [0.05, 0.1) is 0 Å². The van der Waals surface area contributed by atoms with E-state index < -0.39 is 0 Å². The fourth-order valence-electron chi connectivity index (χ4n) is 0.972. The van der Waals surface area contributed by atoms with E-state index in [2.05, 4.69) is 32.6 Å². The number of rotatable bonds is 6. The molecule has 0 aliphatic carbocycles. The first-order chi connectivity index (χ1) is 5.31. The Labute approximate surface area is 71.0 Å². The molecular formula is C11H20. The van der Waals surface area contributed by atoms with Gasteiger partial charge < -0.3 is 0 Å². The van der Waals surface area contributed by atoms with Crippen LogP contribution in [0.5, 0.6) is 0 Å². The van der Waals surface area contributed by atoms with Crippen LogP contribution >= 0.6 is 0 Å². The summed E-state index contributed by atoms with van der Waals surface area (Å²) in [6, 6.07) is 0. The molecule has 64 valence electrons. The zero-order valence-corrected chi connectivity index (χ0v) is 7.84. The molecule has 11 heavy (non-hydrogen) atoms. The van der Waals surface area contributed by atoms with Crippen LogP contribution in [0.4, 0.5) is 0 Å². The molecule has 0 bridgehead atoms. The molecule has 0 aromatic carbocycles. The second-order valence-corrected chi connectivity index (χ2v) is 3.06. The molecule has 0 fully saturated rings. The van der Waals surface area contributed by atoms with Crippen molar-refractivity contribution < 1.29 is 0 Å². The molecule has 0 aliphatic rings. The Morgan fingerprint density at radius 3 is 2.64 bits per heavy atom.